The van der Waals surface area contributed by atoms with Crippen molar-refractivity contribution in [2.45, 2.75) is 42.7 Å². The number of likely N-dealkylation sites (tertiary alicyclic amines) is 1. The Kier molecular flexibility index (Phi) is 5.11. The highest BCUT2D eigenvalue weighted by molar-refractivity contribution is 8.02. The van der Waals surface area contributed by atoms with Crippen molar-refractivity contribution in [1.29, 1.82) is 0 Å². The summed E-state index contributed by atoms with van der Waals surface area (Å²) in [6, 6.07) is 5.16. The molecular formula is C21H27N3O4S. The van der Waals surface area contributed by atoms with Gasteiger partial charge in [-0.05, 0) is 43.9 Å². The molecule has 1 aromatic carbocycles. The maximum atomic E-state index is 13.5. The highest BCUT2D eigenvalue weighted by Gasteiger charge is 2.73. The Labute approximate surface area is 174 Å². The zero-order valence-corrected chi connectivity index (χ0v) is 17.7. The molecule has 0 aromatic heterocycles. The minimum Gasteiger partial charge on any atom is -0.395 e. The Morgan fingerprint density at radius 1 is 1.31 bits per heavy atom. The number of aryl methyl sites for hydroxylation is 2. The fourth-order valence-corrected chi connectivity index (χ4v) is 7.56. The largest absolute Gasteiger partial charge is 0.395 e. The number of β-amino-alcohol motifs (C(OH)–C–C–N with tert-alkyl or cyclic N) is 1. The van der Waals surface area contributed by atoms with E-state index in [2.05, 4.69) is 10.6 Å². The number of amides is 3. The first kappa shape index (κ1) is 20.2. The highest BCUT2D eigenvalue weighted by atomic mass is 32.2. The minimum atomic E-state index is -0.697. The van der Waals surface area contributed by atoms with Crippen molar-refractivity contribution < 1.29 is 19.5 Å². The van der Waals surface area contributed by atoms with Crippen LogP contribution in [0.2, 0.25) is 0 Å². The second-order valence-corrected chi connectivity index (χ2v) is 9.83. The van der Waals surface area contributed by atoms with Crippen molar-refractivity contribution in [2.24, 2.45) is 11.8 Å². The number of nitrogens with zero attached hydrogens (tertiary/aromatic N) is 1. The SMILES string of the molecule is CNC(=O)[C@@H]1[C@H]2C(=O)N(CCO)C(C(=O)Nc3cc(C)ccc3C)C23CC[C@H]1S3. The lowest BCUT2D eigenvalue weighted by atomic mass is 9.70. The lowest BCUT2D eigenvalue weighted by Crippen LogP contribution is -2.52. The van der Waals surface area contributed by atoms with Crippen molar-refractivity contribution in [3.8, 4) is 0 Å². The molecule has 156 valence electrons. The molecule has 0 saturated carbocycles. The van der Waals surface area contributed by atoms with Gasteiger partial charge in [0.2, 0.25) is 17.7 Å². The zero-order chi connectivity index (χ0) is 20.9. The molecule has 5 atom stereocenters. The molecular weight excluding hydrogens is 390 g/mol. The Hall–Kier alpha value is -2.06. The van der Waals surface area contributed by atoms with Crippen LogP contribution in [0.1, 0.15) is 24.0 Å². The maximum absolute atomic E-state index is 13.5. The van der Waals surface area contributed by atoms with Crippen LogP contribution in [0.4, 0.5) is 5.69 Å². The minimum absolute atomic E-state index is 0.0520. The molecule has 0 aliphatic carbocycles. The third-order valence-electron chi connectivity index (χ3n) is 6.59. The molecule has 3 aliphatic rings. The van der Waals surface area contributed by atoms with Crippen LogP contribution in [0.25, 0.3) is 0 Å². The number of hydrogen-bond donors (Lipinski definition) is 3. The van der Waals surface area contributed by atoms with Crippen LogP contribution in [0.15, 0.2) is 18.2 Å². The molecule has 3 saturated heterocycles. The van der Waals surface area contributed by atoms with E-state index in [1.807, 2.05) is 32.0 Å². The Balaban J connectivity index is 1.71. The lowest BCUT2D eigenvalue weighted by Gasteiger charge is -2.34. The van der Waals surface area contributed by atoms with Gasteiger partial charge in [-0.1, -0.05) is 12.1 Å². The number of aliphatic hydroxyl groups excluding tert-OH is 1. The topological polar surface area (TPSA) is 98.7 Å². The monoisotopic (exact) mass is 417 g/mol. The van der Waals surface area contributed by atoms with Crippen LogP contribution in [0.5, 0.6) is 0 Å². The summed E-state index contributed by atoms with van der Waals surface area (Å²) in [6.45, 7) is 3.76. The van der Waals surface area contributed by atoms with Crippen LogP contribution in [-0.2, 0) is 14.4 Å². The smallest absolute Gasteiger partial charge is 0.248 e. The molecule has 1 spiro atoms. The Morgan fingerprint density at radius 2 is 2.07 bits per heavy atom. The van der Waals surface area contributed by atoms with Gasteiger partial charge < -0.3 is 20.6 Å². The second kappa shape index (κ2) is 7.32. The standard InChI is InChI=1S/C21H27N3O4S/c1-11-4-5-12(2)13(10-11)23-19(27)17-21-7-6-14(29-21)15(18(26)22-3)16(21)20(28)24(17)8-9-25/h4-5,10,14-17,25H,6-9H2,1-3H3,(H,22,26)(H,23,27)/t14-,15+,16+,17?,21?/m1/s1. The van der Waals surface area contributed by atoms with Gasteiger partial charge >= 0.3 is 0 Å². The Bertz CT molecular complexity index is 875. The van der Waals surface area contributed by atoms with E-state index in [9.17, 15) is 19.5 Å². The van der Waals surface area contributed by atoms with Crippen LogP contribution < -0.4 is 10.6 Å². The van der Waals surface area contributed by atoms with Gasteiger partial charge in [0, 0.05) is 24.5 Å². The molecule has 7 nitrogen and oxygen atoms in total. The van der Waals surface area contributed by atoms with Crippen LogP contribution in [0, 0.1) is 25.7 Å². The molecule has 29 heavy (non-hydrogen) atoms. The van der Waals surface area contributed by atoms with E-state index in [4.69, 9.17) is 0 Å². The third-order valence-corrected chi connectivity index (χ3v) is 8.54. The summed E-state index contributed by atoms with van der Waals surface area (Å²) in [6.07, 6.45) is 1.53. The molecule has 4 rings (SSSR count). The molecule has 1 aromatic rings. The number of anilines is 1. The van der Waals surface area contributed by atoms with Gasteiger partial charge in [-0.3, -0.25) is 14.4 Å². The third kappa shape index (κ3) is 2.95. The normalized spacial score (nSPS) is 32.4. The summed E-state index contributed by atoms with van der Waals surface area (Å²) >= 11 is 1.62. The number of carbonyl (C=O) groups is 3. The second-order valence-electron chi connectivity index (χ2n) is 8.23. The zero-order valence-electron chi connectivity index (χ0n) is 16.9. The van der Waals surface area contributed by atoms with Crippen LogP contribution >= 0.6 is 11.8 Å². The van der Waals surface area contributed by atoms with Crippen LogP contribution in [-0.4, -0.2) is 64.0 Å². The molecule has 2 unspecified atom stereocenters. The first-order chi connectivity index (χ1) is 13.8. The number of aliphatic hydroxyl groups is 1. The summed E-state index contributed by atoms with van der Waals surface area (Å²) in [4.78, 5) is 40.9. The summed E-state index contributed by atoms with van der Waals surface area (Å²) in [5, 5.41) is 15.3. The maximum Gasteiger partial charge on any atom is 0.248 e. The predicted molar refractivity (Wildman–Crippen MR) is 112 cm³/mol. The summed E-state index contributed by atoms with van der Waals surface area (Å²) < 4.78 is -0.615. The van der Waals surface area contributed by atoms with Gasteiger partial charge in [0.05, 0.1) is 23.2 Å². The van der Waals surface area contributed by atoms with E-state index >= 15 is 0 Å². The molecule has 0 radical (unpaired) electrons. The molecule has 3 N–H and O–H groups in total. The summed E-state index contributed by atoms with van der Waals surface area (Å²) in [5.74, 6) is -1.52. The number of benzene rings is 1. The Morgan fingerprint density at radius 3 is 2.76 bits per heavy atom. The lowest BCUT2D eigenvalue weighted by molar-refractivity contribution is -0.139. The van der Waals surface area contributed by atoms with Crippen LogP contribution in [0.3, 0.4) is 0 Å². The average molecular weight is 418 g/mol. The molecule has 3 heterocycles. The molecule has 3 amide bonds. The predicted octanol–water partition coefficient (Wildman–Crippen LogP) is 1.07. The first-order valence-electron chi connectivity index (χ1n) is 10.0. The van der Waals surface area contributed by atoms with Crippen molar-refractivity contribution >= 4 is 35.2 Å². The van der Waals surface area contributed by atoms with Crippen molar-refractivity contribution in [1.82, 2.24) is 10.2 Å². The number of nitrogens with one attached hydrogen (secondary N) is 2. The number of rotatable bonds is 5. The fraction of sp³-hybridized carbons (Fsp3) is 0.571. The van der Waals surface area contributed by atoms with Crippen molar-refractivity contribution in [3.05, 3.63) is 29.3 Å². The summed E-state index contributed by atoms with van der Waals surface area (Å²) in [7, 11) is 1.58. The number of fused-ring (bicyclic) bond motifs is 1. The summed E-state index contributed by atoms with van der Waals surface area (Å²) in [5.41, 5.74) is 2.71. The van der Waals surface area contributed by atoms with Gasteiger partial charge in [0.25, 0.3) is 0 Å². The van der Waals surface area contributed by atoms with E-state index in [-0.39, 0.29) is 36.1 Å². The van der Waals surface area contributed by atoms with E-state index < -0.39 is 22.6 Å². The number of hydrogen-bond acceptors (Lipinski definition) is 5. The van der Waals surface area contributed by atoms with Gasteiger partial charge in [0.15, 0.2) is 0 Å². The van der Waals surface area contributed by atoms with Gasteiger partial charge in [-0.15, -0.1) is 11.8 Å². The molecule has 3 aliphatic heterocycles. The quantitative estimate of drug-likeness (QED) is 0.666. The number of carbonyl (C=O) groups excluding carboxylic acids is 3. The molecule has 8 heteroatoms. The highest BCUT2D eigenvalue weighted by Crippen LogP contribution is 2.66. The van der Waals surface area contributed by atoms with E-state index in [1.54, 1.807) is 18.8 Å². The van der Waals surface area contributed by atoms with Crippen molar-refractivity contribution in [3.63, 3.8) is 0 Å². The van der Waals surface area contributed by atoms with Gasteiger partial charge in [-0.2, -0.15) is 0 Å². The van der Waals surface area contributed by atoms with Gasteiger partial charge in [-0.25, -0.2) is 0 Å². The van der Waals surface area contributed by atoms with E-state index in [0.29, 0.717) is 0 Å². The molecule has 2 bridgehead atoms. The number of thioether (sulfide) groups is 1. The van der Waals surface area contributed by atoms with Gasteiger partial charge in [0.1, 0.15) is 6.04 Å². The fourth-order valence-electron chi connectivity index (χ4n) is 5.34. The average Bonchev–Trinajstić information content (AvgIpc) is 3.32. The van der Waals surface area contributed by atoms with Crippen molar-refractivity contribution in [2.75, 3.05) is 25.5 Å². The molecule has 3 fully saturated rings. The van der Waals surface area contributed by atoms with E-state index in [1.165, 1.54) is 4.90 Å². The van der Waals surface area contributed by atoms with E-state index in [0.717, 1.165) is 29.7 Å². The first-order valence-corrected chi connectivity index (χ1v) is 10.9.